The van der Waals surface area contributed by atoms with Crippen molar-refractivity contribution >= 4 is 13.7 Å². The van der Waals surface area contributed by atoms with E-state index in [-0.39, 0.29) is 19.1 Å². The van der Waals surface area contributed by atoms with Crippen LogP contribution in [0.1, 0.15) is 264 Å². The topological polar surface area (TPSA) is 105 Å². The summed E-state index contributed by atoms with van der Waals surface area (Å²) in [5.74, 6) is -0.192. The van der Waals surface area contributed by atoms with Crippen LogP contribution in [-0.4, -0.2) is 73.4 Å². The summed E-state index contributed by atoms with van der Waals surface area (Å²) < 4.78 is 23.7. The molecule has 79 heavy (non-hydrogen) atoms. The van der Waals surface area contributed by atoms with Gasteiger partial charge in [-0.3, -0.25) is 13.8 Å². The number of carbonyl (C=O) groups is 1. The average molecular weight is 1120 g/mol. The van der Waals surface area contributed by atoms with Crippen LogP contribution in [0, 0.1) is 0 Å². The zero-order valence-corrected chi connectivity index (χ0v) is 52.7. The second-order valence-corrected chi connectivity index (χ2v) is 24.2. The van der Waals surface area contributed by atoms with Crippen LogP contribution < -0.4 is 5.32 Å². The fraction of sp³-hybridized carbons (Fsp3) is 0.700. The van der Waals surface area contributed by atoms with E-state index in [4.69, 9.17) is 9.05 Å². The number of phosphoric acid groups is 1. The number of rotatable bonds is 58. The maximum absolute atomic E-state index is 13.0. The number of amides is 1. The van der Waals surface area contributed by atoms with Gasteiger partial charge < -0.3 is 19.8 Å². The standard InChI is InChI=1S/C70H123N2O6P/c1-6-8-10-12-14-16-18-20-22-24-26-28-29-30-31-32-33-34-35-36-37-38-39-40-41-42-43-44-46-48-50-52-54-56-58-60-62-64-70(74)71-68(67-78-79(75,76)77-66-65-72(3,4)5)69(73)63-61-59-57-55-53-51-49-47-45-27-25-23-21-19-17-15-13-11-9-7-2/h8,10,14,16,20,22,26,28,30-31,33-34,36-37,39-40,53,55,61,63,68-69,73H,6-7,9,11-13,15,17-19,21,23-25,27,29,32,35,38,41-52,54,56-60,62,64-67H2,1-5H3,(H-,71,74,75,76)/p+1/b10-8-,16-14-,22-20-,28-26-,31-30-,34-33-,37-36-,40-39-,55-53+,63-61+. The van der Waals surface area contributed by atoms with Crippen molar-refractivity contribution in [2.24, 2.45) is 0 Å². The quantitative estimate of drug-likeness (QED) is 0.0243. The van der Waals surface area contributed by atoms with Crippen molar-refractivity contribution in [2.45, 2.75) is 276 Å². The maximum Gasteiger partial charge on any atom is 0.472 e. The largest absolute Gasteiger partial charge is 0.472 e. The number of aliphatic hydroxyl groups is 1. The lowest BCUT2D eigenvalue weighted by atomic mass is 10.0. The van der Waals surface area contributed by atoms with Gasteiger partial charge >= 0.3 is 7.82 Å². The molecule has 9 heteroatoms. The minimum Gasteiger partial charge on any atom is -0.387 e. The number of hydrogen-bond acceptors (Lipinski definition) is 5. The highest BCUT2D eigenvalue weighted by atomic mass is 31.2. The average Bonchev–Trinajstić information content (AvgIpc) is 3.42. The zero-order chi connectivity index (χ0) is 57.7. The van der Waals surface area contributed by atoms with Crippen LogP contribution in [0.4, 0.5) is 0 Å². The maximum atomic E-state index is 13.0. The molecule has 0 aromatic carbocycles. The van der Waals surface area contributed by atoms with Gasteiger partial charge in [0.2, 0.25) is 5.91 Å². The normalized spacial score (nSPS) is 14.6. The lowest BCUT2D eigenvalue weighted by Crippen LogP contribution is -2.45. The van der Waals surface area contributed by atoms with E-state index in [0.29, 0.717) is 17.4 Å². The molecule has 0 saturated carbocycles. The first kappa shape index (κ1) is 75.9. The first-order valence-corrected chi connectivity index (χ1v) is 33.9. The molecule has 8 nitrogen and oxygen atoms in total. The van der Waals surface area contributed by atoms with Gasteiger partial charge in [-0.1, -0.05) is 283 Å². The van der Waals surface area contributed by atoms with Gasteiger partial charge in [-0.2, -0.15) is 0 Å². The van der Waals surface area contributed by atoms with Crippen molar-refractivity contribution in [2.75, 3.05) is 40.9 Å². The van der Waals surface area contributed by atoms with E-state index in [1.165, 1.54) is 154 Å². The van der Waals surface area contributed by atoms with Gasteiger partial charge in [0, 0.05) is 6.42 Å². The van der Waals surface area contributed by atoms with Gasteiger partial charge in [-0.05, 0) is 96.3 Å². The van der Waals surface area contributed by atoms with Crippen molar-refractivity contribution < 1.29 is 32.9 Å². The number of hydrogen-bond donors (Lipinski definition) is 3. The van der Waals surface area contributed by atoms with Crippen LogP contribution in [0.5, 0.6) is 0 Å². The molecule has 0 aromatic rings. The Morgan fingerprint density at radius 1 is 0.443 bits per heavy atom. The fourth-order valence-corrected chi connectivity index (χ4v) is 9.63. The number of nitrogens with one attached hydrogen (secondary N) is 1. The predicted octanol–water partition coefficient (Wildman–Crippen LogP) is 20.5. The number of carbonyl (C=O) groups excluding carboxylic acids is 1. The van der Waals surface area contributed by atoms with E-state index in [0.717, 1.165) is 89.9 Å². The number of nitrogens with zero attached hydrogens (tertiary/aromatic N) is 1. The molecule has 0 aliphatic carbocycles. The van der Waals surface area contributed by atoms with Gasteiger partial charge in [-0.25, -0.2) is 4.57 Å². The SMILES string of the molecule is CC/C=C\C/C=C\C/C=C\C/C=C\C/C=C\C/C=C\C/C=C\C/C=C\CCCCCCCCCCCCCCC(=O)NC(COP(=O)(O)OCC[N+](C)(C)C)C(O)/C=C/CC/C=C/CCCCCCCCCCCCCCCC. The lowest BCUT2D eigenvalue weighted by molar-refractivity contribution is -0.870. The smallest absolute Gasteiger partial charge is 0.387 e. The minimum absolute atomic E-state index is 0.0511. The minimum atomic E-state index is -4.37. The van der Waals surface area contributed by atoms with Gasteiger partial charge in [0.1, 0.15) is 13.2 Å². The first-order chi connectivity index (χ1) is 38.5. The van der Waals surface area contributed by atoms with Crippen LogP contribution in [0.2, 0.25) is 0 Å². The Morgan fingerprint density at radius 2 is 0.772 bits per heavy atom. The van der Waals surface area contributed by atoms with E-state index in [9.17, 15) is 19.4 Å². The molecule has 0 aromatic heterocycles. The van der Waals surface area contributed by atoms with Gasteiger partial charge in [0.05, 0.1) is 39.9 Å². The summed E-state index contributed by atoms with van der Waals surface area (Å²) >= 11 is 0. The van der Waals surface area contributed by atoms with Crippen molar-refractivity contribution in [3.05, 3.63) is 122 Å². The molecule has 0 saturated heterocycles. The first-order valence-electron chi connectivity index (χ1n) is 32.4. The Balaban J connectivity index is 4.15. The highest BCUT2D eigenvalue weighted by Crippen LogP contribution is 2.43. The molecule has 1 amide bonds. The summed E-state index contributed by atoms with van der Waals surface area (Å²) in [5, 5.41) is 13.9. The van der Waals surface area contributed by atoms with E-state index in [1.807, 2.05) is 27.2 Å². The fourth-order valence-electron chi connectivity index (χ4n) is 8.90. The third kappa shape index (κ3) is 62.4. The van der Waals surface area contributed by atoms with Crippen LogP contribution >= 0.6 is 7.82 Å². The molecule has 0 heterocycles. The number of allylic oxidation sites excluding steroid dienone is 19. The third-order valence-electron chi connectivity index (χ3n) is 13.9. The molecule has 3 unspecified atom stereocenters. The Kier molecular flexibility index (Phi) is 57.2. The van der Waals surface area contributed by atoms with E-state index in [2.05, 4.69) is 129 Å². The molecule has 454 valence electrons. The molecule has 0 aliphatic heterocycles. The third-order valence-corrected chi connectivity index (χ3v) is 14.9. The Hall–Kier alpha value is -3.10. The zero-order valence-electron chi connectivity index (χ0n) is 51.8. The van der Waals surface area contributed by atoms with Crippen LogP contribution in [0.25, 0.3) is 0 Å². The van der Waals surface area contributed by atoms with E-state index >= 15 is 0 Å². The molecular formula is C70H124N2O6P+. The molecule has 0 fully saturated rings. The van der Waals surface area contributed by atoms with E-state index < -0.39 is 20.0 Å². The summed E-state index contributed by atoms with van der Waals surface area (Å²) in [6.07, 6.45) is 88.9. The van der Waals surface area contributed by atoms with Crippen LogP contribution in [0.3, 0.4) is 0 Å². The summed E-state index contributed by atoms with van der Waals surface area (Å²) in [4.78, 5) is 23.4. The number of unbranched alkanes of at least 4 members (excludes halogenated alkanes) is 27. The highest BCUT2D eigenvalue weighted by molar-refractivity contribution is 7.47. The Labute approximate surface area is 488 Å². The molecule has 0 spiro atoms. The number of quaternary nitrogens is 1. The van der Waals surface area contributed by atoms with Crippen molar-refractivity contribution in [1.82, 2.24) is 5.32 Å². The Bertz CT molecular complexity index is 1700. The second kappa shape index (κ2) is 59.5. The molecule has 0 radical (unpaired) electrons. The predicted molar refractivity (Wildman–Crippen MR) is 345 cm³/mol. The number of likely N-dealkylation sites (N-methyl/N-ethyl adjacent to an activating group) is 1. The van der Waals surface area contributed by atoms with Crippen LogP contribution in [0.15, 0.2) is 122 Å². The van der Waals surface area contributed by atoms with Crippen LogP contribution in [-0.2, 0) is 18.4 Å². The molecular weight excluding hydrogens is 996 g/mol. The Morgan fingerprint density at radius 3 is 1.16 bits per heavy atom. The molecule has 0 bridgehead atoms. The number of phosphoric ester groups is 1. The lowest BCUT2D eigenvalue weighted by Gasteiger charge is -2.25. The van der Waals surface area contributed by atoms with Gasteiger partial charge in [0.25, 0.3) is 0 Å². The molecule has 0 rings (SSSR count). The molecule has 0 aliphatic rings. The summed E-state index contributed by atoms with van der Waals surface area (Å²) in [7, 11) is 1.54. The van der Waals surface area contributed by atoms with E-state index in [1.54, 1.807) is 6.08 Å². The second-order valence-electron chi connectivity index (χ2n) is 22.7. The molecule has 3 N–H and O–H groups in total. The summed E-state index contributed by atoms with van der Waals surface area (Å²) in [5.41, 5.74) is 0. The summed E-state index contributed by atoms with van der Waals surface area (Å²) in [6.45, 7) is 4.69. The van der Waals surface area contributed by atoms with Gasteiger partial charge in [-0.15, -0.1) is 0 Å². The highest BCUT2D eigenvalue weighted by Gasteiger charge is 2.27. The van der Waals surface area contributed by atoms with Crippen molar-refractivity contribution in [1.29, 1.82) is 0 Å². The van der Waals surface area contributed by atoms with Crippen molar-refractivity contribution in [3.8, 4) is 0 Å². The summed E-state index contributed by atoms with van der Waals surface area (Å²) in [6, 6.07) is -0.873. The molecule has 3 atom stereocenters. The van der Waals surface area contributed by atoms with Crippen molar-refractivity contribution in [3.63, 3.8) is 0 Å². The monoisotopic (exact) mass is 1120 g/mol. The van der Waals surface area contributed by atoms with Gasteiger partial charge in [0.15, 0.2) is 0 Å². The number of aliphatic hydroxyl groups excluding tert-OH is 1.